The highest BCUT2D eigenvalue weighted by Crippen LogP contribution is 2.22. The van der Waals surface area contributed by atoms with Gasteiger partial charge in [-0.1, -0.05) is 6.92 Å². The summed E-state index contributed by atoms with van der Waals surface area (Å²) in [6, 6.07) is 1.02. The standard InChI is InChI=1S/C11H22N2/c1-10-3-4-11(9-10)13-7-5-12(2)6-8-13/h10-11H,3-9H2,1-2H3/p+2/t10-,11-/m0/s1. The van der Waals surface area contributed by atoms with Crippen LogP contribution in [0.5, 0.6) is 0 Å². The van der Waals surface area contributed by atoms with Gasteiger partial charge in [-0.25, -0.2) is 0 Å². The Hall–Kier alpha value is -0.0800. The van der Waals surface area contributed by atoms with Crippen LogP contribution in [0.15, 0.2) is 0 Å². The van der Waals surface area contributed by atoms with Crippen LogP contribution in [0.2, 0.25) is 0 Å². The third kappa shape index (κ3) is 2.23. The summed E-state index contributed by atoms with van der Waals surface area (Å²) in [7, 11) is 2.33. The van der Waals surface area contributed by atoms with E-state index in [1.807, 2.05) is 4.90 Å². The Morgan fingerprint density at radius 2 is 1.69 bits per heavy atom. The van der Waals surface area contributed by atoms with Crippen LogP contribution < -0.4 is 9.80 Å². The second-order valence-electron chi connectivity index (χ2n) is 5.23. The average molecular weight is 184 g/mol. The number of quaternary nitrogens is 2. The molecule has 0 aromatic rings. The molecule has 2 aliphatic rings. The first-order valence-corrected chi connectivity index (χ1v) is 5.91. The highest BCUT2D eigenvalue weighted by Gasteiger charge is 2.32. The van der Waals surface area contributed by atoms with Crippen molar-refractivity contribution in [2.75, 3.05) is 33.2 Å². The molecule has 1 saturated heterocycles. The van der Waals surface area contributed by atoms with Gasteiger partial charge in [0, 0.05) is 6.42 Å². The summed E-state index contributed by atoms with van der Waals surface area (Å²) in [5.74, 6) is 1.00. The van der Waals surface area contributed by atoms with Crippen LogP contribution in [0.3, 0.4) is 0 Å². The number of hydrogen-bond donors (Lipinski definition) is 2. The molecule has 1 saturated carbocycles. The van der Waals surface area contributed by atoms with Crippen LogP contribution in [0, 0.1) is 5.92 Å². The molecule has 2 rings (SSSR count). The van der Waals surface area contributed by atoms with E-state index < -0.39 is 0 Å². The van der Waals surface area contributed by atoms with Gasteiger partial charge in [0.25, 0.3) is 0 Å². The average Bonchev–Trinajstić information content (AvgIpc) is 2.53. The van der Waals surface area contributed by atoms with Gasteiger partial charge < -0.3 is 9.80 Å². The molecule has 0 aromatic carbocycles. The molecule has 1 aliphatic heterocycles. The van der Waals surface area contributed by atoms with Gasteiger partial charge in [0.2, 0.25) is 0 Å². The molecule has 0 unspecified atom stereocenters. The second-order valence-corrected chi connectivity index (χ2v) is 5.23. The summed E-state index contributed by atoms with van der Waals surface area (Å²) in [6.07, 6.45) is 4.47. The van der Waals surface area contributed by atoms with E-state index in [0.717, 1.165) is 12.0 Å². The minimum absolute atomic E-state index is 1.00. The van der Waals surface area contributed by atoms with Crippen LogP contribution in [0.4, 0.5) is 0 Å². The zero-order valence-electron chi connectivity index (χ0n) is 9.10. The number of likely N-dealkylation sites (N-methyl/N-ethyl adjacent to an activating group) is 1. The predicted molar refractivity (Wildman–Crippen MR) is 54.1 cm³/mol. The van der Waals surface area contributed by atoms with Crippen molar-refractivity contribution in [1.82, 2.24) is 0 Å². The van der Waals surface area contributed by atoms with E-state index in [1.54, 1.807) is 4.90 Å². The van der Waals surface area contributed by atoms with E-state index in [0.29, 0.717) is 0 Å². The smallest absolute Gasteiger partial charge is 0.127 e. The summed E-state index contributed by atoms with van der Waals surface area (Å²) < 4.78 is 0. The van der Waals surface area contributed by atoms with Crippen LogP contribution in [-0.4, -0.2) is 39.3 Å². The third-order valence-electron chi connectivity index (χ3n) is 4.02. The number of nitrogens with one attached hydrogen (secondary N) is 2. The first kappa shape index (κ1) is 9.47. The molecule has 2 N–H and O–H groups in total. The molecule has 0 radical (unpaired) electrons. The molecule has 0 spiro atoms. The van der Waals surface area contributed by atoms with Crippen molar-refractivity contribution in [1.29, 1.82) is 0 Å². The Balaban J connectivity index is 1.81. The monoisotopic (exact) mass is 184 g/mol. The van der Waals surface area contributed by atoms with E-state index >= 15 is 0 Å². The Kier molecular flexibility index (Phi) is 2.89. The minimum atomic E-state index is 1.00. The topological polar surface area (TPSA) is 8.88 Å². The van der Waals surface area contributed by atoms with Gasteiger partial charge in [-0.15, -0.1) is 0 Å². The molecule has 2 heteroatoms. The Morgan fingerprint density at radius 1 is 1.00 bits per heavy atom. The van der Waals surface area contributed by atoms with Crippen LogP contribution in [0.25, 0.3) is 0 Å². The zero-order valence-corrected chi connectivity index (χ0v) is 9.10. The van der Waals surface area contributed by atoms with Gasteiger partial charge in [-0.05, 0) is 18.8 Å². The molecule has 0 aromatic heterocycles. The van der Waals surface area contributed by atoms with Crippen LogP contribution >= 0.6 is 0 Å². The highest BCUT2D eigenvalue weighted by atomic mass is 15.3. The van der Waals surface area contributed by atoms with Crippen LogP contribution in [0.1, 0.15) is 26.2 Å². The third-order valence-corrected chi connectivity index (χ3v) is 4.02. The van der Waals surface area contributed by atoms with Crippen molar-refractivity contribution in [2.24, 2.45) is 5.92 Å². The lowest BCUT2D eigenvalue weighted by atomic mass is 10.1. The Morgan fingerprint density at radius 3 is 2.23 bits per heavy atom. The minimum Gasteiger partial charge on any atom is -0.328 e. The molecular formula is C11H24N2+2. The summed E-state index contributed by atoms with van der Waals surface area (Å²) in [5, 5.41) is 0. The van der Waals surface area contributed by atoms with E-state index in [9.17, 15) is 0 Å². The molecule has 13 heavy (non-hydrogen) atoms. The van der Waals surface area contributed by atoms with E-state index in [1.165, 1.54) is 45.4 Å². The van der Waals surface area contributed by atoms with Crippen molar-refractivity contribution in [3.63, 3.8) is 0 Å². The molecule has 1 aliphatic carbocycles. The second kappa shape index (κ2) is 3.97. The SMILES string of the molecule is C[C@H]1CC[C@H]([NH+]2CC[NH+](C)CC2)C1. The molecule has 0 bridgehead atoms. The van der Waals surface area contributed by atoms with Crippen molar-refractivity contribution in [2.45, 2.75) is 32.2 Å². The van der Waals surface area contributed by atoms with Crippen molar-refractivity contribution < 1.29 is 9.80 Å². The normalized spacial score (nSPS) is 46.6. The fraction of sp³-hybridized carbons (Fsp3) is 1.00. The van der Waals surface area contributed by atoms with E-state index in [-0.39, 0.29) is 0 Å². The maximum atomic E-state index is 2.42. The predicted octanol–water partition coefficient (Wildman–Crippen LogP) is -1.41. The van der Waals surface area contributed by atoms with Crippen molar-refractivity contribution >= 4 is 0 Å². The fourth-order valence-electron chi connectivity index (χ4n) is 2.98. The van der Waals surface area contributed by atoms with Crippen molar-refractivity contribution in [3.8, 4) is 0 Å². The van der Waals surface area contributed by atoms with Gasteiger partial charge >= 0.3 is 0 Å². The lowest BCUT2D eigenvalue weighted by Gasteiger charge is -2.31. The number of piperazine rings is 1. The molecule has 76 valence electrons. The van der Waals surface area contributed by atoms with Gasteiger partial charge in [-0.3, -0.25) is 0 Å². The number of hydrogen-bond acceptors (Lipinski definition) is 0. The molecule has 2 atom stereocenters. The quantitative estimate of drug-likeness (QED) is 0.495. The van der Waals surface area contributed by atoms with Gasteiger partial charge in [-0.2, -0.15) is 0 Å². The molecule has 2 nitrogen and oxygen atoms in total. The summed E-state index contributed by atoms with van der Waals surface area (Å²) in [6.45, 7) is 8.04. The van der Waals surface area contributed by atoms with Crippen LogP contribution in [-0.2, 0) is 0 Å². The fourth-order valence-corrected chi connectivity index (χ4v) is 2.98. The van der Waals surface area contributed by atoms with E-state index in [2.05, 4.69) is 14.0 Å². The van der Waals surface area contributed by atoms with Gasteiger partial charge in [0.05, 0.1) is 13.1 Å². The largest absolute Gasteiger partial charge is 0.328 e. The Bertz CT molecular complexity index is 161. The first-order valence-electron chi connectivity index (χ1n) is 5.91. The van der Waals surface area contributed by atoms with Crippen molar-refractivity contribution in [3.05, 3.63) is 0 Å². The highest BCUT2D eigenvalue weighted by molar-refractivity contribution is 4.71. The molecule has 1 heterocycles. The lowest BCUT2D eigenvalue weighted by molar-refractivity contribution is -1.02. The molecule has 0 amide bonds. The number of rotatable bonds is 1. The first-order chi connectivity index (χ1) is 6.25. The maximum absolute atomic E-state index is 2.42. The summed E-state index contributed by atoms with van der Waals surface area (Å²) in [5.41, 5.74) is 0. The molecular weight excluding hydrogens is 160 g/mol. The Labute approximate surface area is 81.9 Å². The zero-order chi connectivity index (χ0) is 9.26. The van der Waals surface area contributed by atoms with Gasteiger partial charge in [0.15, 0.2) is 0 Å². The molecule has 2 fully saturated rings. The summed E-state index contributed by atoms with van der Waals surface area (Å²) >= 11 is 0. The lowest BCUT2D eigenvalue weighted by Crippen LogP contribution is -3.28. The van der Waals surface area contributed by atoms with E-state index in [4.69, 9.17) is 0 Å². The summed E-state index contributed by atoms with van der Waals surface area (Å²) in [4.78, 5) is 3.64. The van der Waals surface area contributed by atoms with Gasteiger partial charge in [0.1, 0.15) is 26.2 Å². The maximum Gasteiger partial charge on any atom is 0.127 e.